The molecule has 1 aliphatic heterocycles. The third-order valence-electron chi connectivity index (χ3n) is 7.08. The number of aliphatic imine (C=N–C) groups is 1. The van der Waals surface area contributed by atoms with Crippen LogP contribution in [0.5, 0.6) is 0 Å². The van der Waals surface area contributed by atoms with Crippen LogP contribution in [0.1, 0.15) is 35.2 Å². The fourth-order valence-electron chi connectivity index (χ4n) is 4.75. The van der Waals surface area contributed by atoms with Crippen molar-refractivity contribution in [3.8, 4) is 22.4 Å². The monoisotopic (exact) mass is 562 g/mol. The van der Waals surface area contributed by atoms with E-state index < -0.39 is 5.92 Å². The summed E-state index contributed by atoms with van der Waals surface area (Å²) in [6, 6.07) is 14.6. The lowest BCUT2D eigenvalue weighted by Crippen LogP contribution is -2.42. The van der Waals surface area contributed by atoms with Crippen LogP contribution in [0.2, 0.25) is 0 Å². The molecule has 5 rings (SSSR count). The van der Waals surface area contributed by atoms with Crippen LogP contribution in [-0.4, -0.2) is 63.2 Å². The molecule has 6 N–H and O–H groups in total. The lowest BCUT2D eigenvalue weighted by molar-refractivity contribution is -0.0494. The second-order valence-electron chi connectivity index (χ2n) is 10.1. The summed E-state index contributed by atoms with van der Waals surface area (Å²) in [5.41, 5.74) is 14.6. The van der Waals surface area contributed by atoms with E-state index in [0.29, 0.717) is 35.7 Å². The predicted octanol–water partition coefficient (Wildman–Crippen LogP) is 2.98. The van der Waals surface area contributed by atoms with Crippen molar-refractivity contribution in [1.29, 1.82) is 0 Å². The molecule has 1 fully saturated rings. The quantitative estimate of drug-likeness (QED) is 0.140. The summed E-state index contributed by atoms with van der Waals surface area (Å²) in [6.45, 7) is 2.11. The molecule has 2 aromatic heterocycles. The van der Waals surface area contributed by atoms with E-state index in [1.807, 2.05) is 24.3 Å². The zero-order chi connectivity index (χ0) is 29.0. The molecule has 41 heavy (non-hydrogen) atoms. The number of imidazole rings is 1. The van der Waals surface area contributed by atoms with E-state index in [0.717, 1.165) is 29.7 Å². The Bertz CT molecular complexity index is 1600. The topological polar surface area (TPSA) is 147 Å². The van der Waals surface area contributed by atoms with Crippen LogP contribution in [0, 0.1) is 0 Å². The number of halogens is 2. The first-order valence-electron chi connectivity index (χ1n) is 13.4. The van der Waals surface area contributed by atoms with Gasteiger partial charge in [-0.05, 0) is 36.2 Å². The Morgan fingerprint density at radius 3 is 2.39 bits per heavy atom. The maximum absolute atomic E-state index is 13.4. The first-order chi connectivity index (χ1) is 19.7. The number of amides is 1. The highest BCUT2D eigenvalue weighted by Crippen LogP contribution is 2.29. The number of carbonyl (C=O) groups is 1. The number of hydrogen-bond donors (Lipinski definition) is 4. The number of alkyl halides is 2. The second-order valence-corrected chi connectivity index (χ2v) is 10.1. The molecule has 0 aliphatic carbocycles. The Labute approximate surface area is 235 Å². The largest absolute Gasteiger partial charge is 0.370 e. The zero-order valence-corrected chi connectivity index (χ0v) is 22.4. The molecule has 214 valence electrons. The number of carbonyl (C=O) groups excluding carboxylic acids is 1. The van der Waals surface area contributed by atoms with Crippen molar-refractivity contribution in [1.82, 2.24) is 24.6 Å². The summed E-state index contributed by atoms with van der Waals surface area (Å²) in [5, 5.41) is 3.34. The van der Waals surface area contributed by atoms with Gasteiger partial charge in [-0.25, -0.2) is 13.8 Å². The van der Waals surface area contributed by atoms with Crippen LogP contribution in [0.3, 0.4) is 0 Å². The molecule has 0 atom stereocenters. The number of nitrogens with zero attached hydrogens (tertiary/aromatic N) is 4. The Kier molecular flexibility index (Phi) is 8.11. The number of aromatic amines is 1. The van der Waals surface area contributed by atoms with Crippen molar-refractivity contribution in [2.24, 2.45) is 16.5 Å². The zero-order valence-electron chi connectivity index (χ0n) is 22.4. The lowest BCUT2D eigenvalue weighted by atomic mass is 10.0. The first-order valence-corrected chi connectivity index (χ1v) is 13.4. The lowest BCUT2D eigenvalue weighted by Gasteiger charge is -2.31. The van der Waals surface area contributed by atoms with Gasteiger partial charge in [-0.2, -0.15) is 0 Å². The summed E-state index contributed by atoms with van der Waals surface area (Å²) < 4.78 is 28.6. The standard InChI is InChI=1S/C29H32F2N8O2/c30-29(31)10-14-38(15-11-29)26(41)22-8-6-21(7-9-22)24-18-39-17-23(25(40)37-28(39)36-24)20-4-2-19(3-5-20)16-34-12-1-13-35-27(32)33/h2-9,17-18,34H,1,10-16H2,(H4,32,33,35)(H,36,37,40). The van der Waals surface area contributed by atoms with Gasteiger partial charge in [0.1, 0.15) is 0 Å². The minimum absolute atomic E-state index is 0.0388. The summed E-state index contributed by atoms with van der Waals surface area (Å²) >= 11 is 0. The summed E-state index contributed by atoms with van der Waals surface area (Å²) in [7, 11) is 0. The predicted molar refractivity (Wildman–Crippen MR) is 154 cm³/mol. The van der Waals surface area contributed by atoms with Gasteiger partial charge in [-0.15, -0.1) is 0 Å². The Morgan fingerprint density at radius 1 is 1.02 bits per heavy atom. The number of nitrogens with one attached hydrogen (secondary N) is 2. The normalized spacial score (nSPS) is 14.7. The van der Waals surface area contributed by atoms with Crippen molar-refractivity contribution < 1.29 is 13.6 Å². The molecule has 4 aromatic rings. The van der Waals surface area contributed by atoms with Crippen LogP contribution >= 0.6 is 0 Å². The van der Waals surface area contributed by atoms with E-state index >= 15 is 0 Å². The number of benzene rings is 2. The number of nitrogens with two attached hydrogens (primary N) is 2. The summed E-state index contributed by atoms with van der Waals surface area (Å²) in [5.74, 6) is -2.48. The number of rotatable bonds is 9. The van der Waals surface area contributed by atoms with Gasteiger partial charge in [0.15, 0.2) is 5.96 Å². The van der Waals surface area contributed by atoms with Gasteiger partial charge in [0.05, 0.1) is 11.3 Å². The van der Waals surface area contributed by atoms with Gasteiger partial charge < -0.3 is 21.7 Å². The molecule has 1 aliphatic rings. The number of guanidine groups is 1. The van der Waals surface area contributed by atoms with Gasteiger partial charge >= 0.3 is 0 Å². The second kappa shape index (κ2) is 11.9. The van der Waals surface area contributed by atoms with Crippen LogP contribution in [0.4, 0.5) is 8.78 Å². The van der Waals surface area contributed by atoms with Crippen molar-refractivity contribution in [3.63, 3.8) is 0 Å². The highest BCUT2D eigenvalue weighted by molar-refractivity contribution is 5.94. The third-order valence-corrected chi connectivity index (χ3v) is 7.08. The number of piperidine rings is 1. The fraction of sp³-hybridized carbons (Fsp3) is 0.310. The minimum atomic E-state index is -2.71. The first kappa shape index (κ1) is 28.0. The van der Waals surface area contributed by atoms with E-state index in [9.17, 15) is 18.4 Å². The van der Waals surface area contributed by atoms with Crippen LogP contribution in [0.25, 0.3) is 28.2 Å². The van der Waals surface area contributed by atoms with E-state index in [4.69, 9.17) is 11.5 Å². The summed E-state index contributed by atoms with van der Waals surface area (Å²) in [6.07, 6.45) is 3.73. The number of H-pyrrole nitrogens is 1. The van der Waals surface area contributed by atoms with Gasteiger partial charge in [-0.3, -0.25) is 24.0 Å². The van der Waals surface area contributed by atoms with Crippen molar-refractivity contribution in [2.75, 3.05) is 26.2 Å². The fourth-order valence-corrected chi connectivity index (χ4v) is 4.75. The molecular weight excluding hydrogens is 530 g/mol. The molecular formula is C29H32F2N8O2. The molecule has 0 radical (unpaired) electrons. The van der Waals surface area contributed by atoms with Gasteiger partial charge in [0, 0.05) is 62.5 Å². The Hall–Kier alpha value is -4.58. The van der Waals surface area contributed by atoms with Crippen LogP contribution in [-0.2, 0) is 6.54 Å². The van der Waals surface area contributed by atoms with Crippen LogP contribution < -0.4 is 22.3 Å². The van der Waals surface area contributed by atoms with Crippen LogP contribution in [0.15, 0.2) is 70.7 Å². The number of hydrogen-bond acceptors (Lipinski definition) is 5. The summed E-state index contributed by atoms with van der Waals surface area (Å²) in [4.78, 5) is 38.4. The maximum atomic E-state index is 13.4. The highest BCUT2D eigenvalue weighted by atomic mass is 19.3. The van der Waals surface area contributed by atoms with E-state index in [1.165, 1.54) is 4.90 Å². The molecule has 10 nitrogen and oxygen atoms in total. The molecule has 0 spiro atoms. The Balaban J connectivity index is 1.25. The van der Waals surface area contributed by atoms with Crippen molar-refractivity contribution in [2.45, 2.75) is 31.7 Å². The third kappa shape index (κ3) is 6.77. The molecule has 12 heteroatoms. The van der Waals surface area contributed by atoms with Crippen molar-refractivity contribution >= 4 is 17.6 Å². The highest BCUT2D eigenvalue weighted by Gasteiger charge is 2.35. The van der Waals surface area contributed by atoms with Gasteiger partial charge in [0.2, 0.25) is 5.78 Å². The molecule has 1 amide bonds. The average Bonchev–Trinajstić information content (AvgIpc) is 3.37. The number of fused-ring (bicyclic) bond motifs is 1. The molecule has 3 heterocycles. The van der Waals surface area contributed by atoms with Crippen molar-refractivity contribution in [3.05, 3.63) is 82.4 Å². The molecule has 0 bridgehead atoms. The molecule has 0 unspecified atom stereocenters. The number of aromatic nitrogens is 3. The van der Waals surface area contributed by atoms with E-state index in [1.54, 1.807) is 41.1 Å². The smallest absolute Gasteiger partial charge is 0.260 e. The molecule has 0 saturated carbocycles. The molecule has 1 saturated heterocycles. The van der Waals surface area contributed by atoms with E-state index in [2.05, 4.69) is 20.3 Å². The van der Waals surface area contributed by atoms with E-state index in [-0.39, 0.29) is 43.4 Å². The number of likely N-dealkylation sites (tertiary alicyclic amines) is 1. The maximum Gasteiger partial charge on any atom is 0.260 e. The minimum Gasteiger partial charge on any atom is -0.370 e. The van der Waals surface area contributed by atoms with Gasteiger partial charge in [0.25, 0.3) is 17.4 Å². The molecule has 2 aromatic carbocycles. The Morgan fingerprint density at radius 2 is 1.71 bits per heavy atom. The average molecular weight is 563 g/mol. The SMILES string of the molecule is NC(N)=NCCCNCc1ccc(-c2cn3cc(-c4ccc(C(=O)N5CCC(F)(F)CC5)cc4)nc3[nH]c2=O)cc1. The van der Waals surface area contributed by atoms with Gasteiger partial charge in [-0.1, -0.05) is 36.4 Å².